The van der Waals surface area contributed by atoms with Gasteiger partial charge in [0.2, 0.25) is 5.89 Å². The van der Waals surface area contributed by atoms with Gasteiger partial charge in [-0.2, -0.15) is 5.06 Å². The molecule has 1 aromatic rings. The van der Waals surface area contributed by atoms with Crippen LogP contribution in [-0.2, 0) is 9.49 Å². The molecule has 2 bridgehead atoms. The van der Waals surface area contributed by atoms with E-state index in [4.69, 9.17) is 19.3 Å². The Morgan fingerprint density at radius 2 is 2.48 bits per heavy atom. The van der Waals surface area contributed by atoms with Gasteiger partial charge in [0.05, 0.1) is 24.9 Å². The molecule has 1 radical (unpaired) electrons. The molecule has 0 unspecified atom stereocenters. The number of urea groups is 1. The quantitative estimate of drug-likeness (QED) is 0.257. The number of nitrogens with zero attached hydrogens (tertiary/aromatic N) is 3. The third-order valence-corrected chi connectivity index (χ3v) is 3.72. The van der Waals surface area contributed by atoms with Gasteiger partial charge in [-0.15, -0.1) is 6.58 Å². The Morgan fingerprint density at radius 3 is 3.17 bits per heavy atom. The smallest absolute Gasteiger partial charge is 0.373 e. The zero-order valence-electron chi connectivity index (χ0n) is 12.4. The van der Waals surface area contributed by atoms with Gasteiger partial charge in [0.25, 0.3) is 0 Å². The molecule has 1 N–H and O–H groups in total. The van der Waals surface area contributed by atoms with Gasteiger partial charge >= 0.3 is 13.5 Å². The minimum Gasteiger partial charge on any atom is -0.556 e. The highest BCUT2D eigenvalue weighted by Gasteiger charge is 2.46. The zero-order chi connectivity index (χ0) is 16.2. The minimum absolute atomic E-state index is 0.204. The van der Waals surface area contributed by atoms with Crippen molar-refractivity contribution in [2.75, 3.05) is 13.2 Å². The summed E-state index contributed by atoms with van der Waals surface area (Å²) in [5.41, 5.74) is 0.800. The van der Waals surface area contributed by atoms with Crippen molar-refractivity contribution in [1.29, 1.82) is 5.41 Å². The molecule has 3 rings (SSSR count). The molecule has 2 aliphatic heterocycles. The average molecular weight is 315 g/mol. The monoisotopic (exact) mass is 315 g/mol. The molecule has 2 amide bonds. The van der Waals surface area contributed by atoms with Crippen LogP contribution in [0, 0.1) is 5.41 Å². The number of aromatic nitrogens is 1. The van der Waals surface area contributed by atoms with E-state index in [2.05, 4.69) is 11.6 Å². The minimum atomic E-state index is -0.283. The van der Waals surface area contributed by atoms with Crippen molar-refractivity contribution >= 4 is 25.5 Å². The number of carbonyl (C=O) groups excluding carboxylic acids is 1. The Bertz CT molecular complexity index is 618. The van der Waals surface area contributed by atoms with Crippen molar-refractivity contribution in [2.45, 2.75) is 18.4 Å². The molecule has 8 nitrogen and oxygen atoms in total. The summed E-state index contributed by atoms with van der Waals surface area (Å²) in [6, 6.07) is -0.707. The van der Waals surface area contributed by atoms with Crippen LogP contribution in [0.15, 0.2) is 35.6 Å². The van der Waals surface area contributed by atoms with Gasteiger partial charge in [0, 0.05) is 12.1 Å². The summed E-state index contributed by atoms with van der Waals surface area (Å²) in [7, 11) is 1.48. The van der Waals surface area contributed by atoms with Crippen LogP contribution in [0.1, 0.15) is 5.89 Å². The van der Waals surface area contributed by atoms with Crippen LogP contribution in [0.3, 0.4) is 0 Å². The molecule has 9 heteroatoms. The molecule has 3 heterocycles. The molecule has 23 heavy (non-hydrogen) atoms. The standard InChI is InChI=1S/C14H16BN4O4/c1-2-4-23-19-10-6-11(13-17-3-5-21-13)12(7-15-22-9-16)18(8-10)14(19)20/h2-3,5-6,9-10,12,16H,1,4,7-8H2/t10-,12-/m1/s1. The van der Waals surface area contributed by atoms with Crippen LogP contribution in [0.5, 0.6) is 0 Å². The second-order valence-corrected chi connectivity index (χ2v) is 5.04. The summed E-state index contributed by atoms with van der Waals surface area (Å²) in [4.78, 5) is 23.9. The zero-order valence-corrected chi connectivity index (χ0v) is 12.4. The molecular weight excluding hydrogens is 299 g/mol. The first-order valence-corrected chi connectivity index (χ1v) is 7.17. The number of hydrogen-bond acceptors (Lipinski definition) is 6. The maximum atomic E-state index is 12.6. The maximum absolute atomic E-state index is 12.6. The summed E-state index contributed by atoms with van der Waals surface area (Å²) in [5, 5.41) is 8.27. The molecule has 0 aromatic carbocycles. The van der Waals surface area contributed by atoms with E-state index in [0.29, 0.717) is 18.8 Å². The predicted octanol–water partition coefficient (Wildman–Crippen LogP) is 1.33. The summed E-state index contributed by atoms with van der Waals surface area (Å²) < 4.78 is 10.3. The van der Waals surface area contributed by atoms with Gasteiger partial charge in [0.1, 0.15) is 12.7 Å². The molecule has 2 aliphatic rings. The largest absolute Gasteiger partial charge is 0.556 e. The third kappa shape index (κ3) is 2.87. The van der Waals surface area contributed by atoms with Crippen molar-refractivity contribution in [3.63, 3.8) is 0 Å². The highest BCUT2D eigenvalue weighted by atomic mass is 16.7. The van der Waals surface area contributed by atoms with Gasteiger partial charge in [-0.05, 0) is 12.4 Å². The predicted molar refractivity (Wildman–Crippen MR) is 82.6 cm³/mol. The number of hydroxylamine groups is 2. The molecular formula is C14H16BN4O4. The molecule has 0 saturated carbocycles. The molecule has 1 saturated heterocycles. The second-order valence-electron chi connectivity index (χ2n) is 5.04. The normalized spacial score (nSPS) is 22.8. The highest BCUT2D eigenvalue weighted by molar-refractivity contribution is 6.30. The van der Waals surface area contributed by atoms with Crippen LogP contribution in [0.4, 0.5) is 4.79 Å². The lowest BCUT2D eigenvalue weighted by atomic mass is 9.83. The molecule has 0 spiro atoms. The van der Waals surface area contributed by atoms with Gasteiger partial charge < -0.3 is 14.0 Å². The molecule has 119 valence electrons. The summed E-state index contributed by atoms with van der Waals surface area (Å²) in [5.74, 6) is 0.464. The maximum Gasteiger partial charge on any atom is 0.373 e. The molecule has 0 aliphatic carbocycles. The van der Waals surface area contributed by atoms with Gasteiger partial charge in [-0.3, -0.25) is 10.2 Å². The molecule has 2 atom stereocenters. The van der Waals surface area contributed by atoms with E-state index < -0.39 is 0 Å². The van der Waals surface area contributed by atoms with Crippen molar-refractivity contribution in [3.05, 3.63) is 37.1 Å². The number of amides is 2. The Labute approximate surface area is 134 Å². The lowest BCUT2D eigenvalue weighted by Gasteiger charge is -2.29. The van der Waals surface area contributed by atoms with Crippen LogP contribution in [-0.4, -0.2) is 60.1 Å². The van der Waals surface area contributed by atoms with E-state index >= 15 is 0 Å². The van der Waals surface area contributed by atoms with E-state index in [1.807, 2.05) is 6.08 Å². The lowest BCUT2D eigenvalue weighted by molar-refractivity contribution is -0.107. The Hall–Kier alpha value is -2.55. The van der Waals surface area contributed by atoms with Crippen LogP contribution in [0.25, 0.3) is 5.57 Å². The Kier molecular flexibility index (Phi) is 4.47. The Balaban J connectivity index is 1.87. The number of rotatable bonds is 8. The summed E-state index contributed by atoms with van der Waals surface area (Å²) in [6.45, 7) is 4.37. The molecule has 1 fully saturated rings. The van der Waals surface area contributed by atoms with E-state index in [9.17, 15) is 4.79 Å². The van der Waals surface area contributed by atoms with Crippen LogP contribution in [0.2, 0.25) is 6.32 Å². The van der Waals surface area contributed by atoms with Crippen LogP contribution >= 0.6 is 0 Å². The first-order valence-electron chi connectivity index (χ1n) is 7.17. The van der Waals surface area contributed by atoms with Gasteiger partial charge in [-0.25, -0.2) is 9.78 Å². The fraction of sp³-hybridized carbons (Fsp3) is 0.357. The average Bonchev–Trinajstić information content (AvgIpc) is 3.17. The number of fused-ring (bicyclic) bond motifs is 2. The molecule has 1 aromatic heterocycles. The second kappa shape index (κ2) is 6.70. The summed E-state index contributed by atoms with van der Waals surface area (Å²) in [6.07, 6.45) is 7.82. The van der Waals surface area contributed by atoms with Crippen LogP contribution < -0.4 is 0 Å². The van der Waals surface area contributed by atoms with Crippen molar-refractivity contribution < 1.29 is 18.7 Å². The van der Waals surface area contributed by atoms with E-state index in [-0.39, 0.29) is 24.7 Å². The van der Waals surface area contributed by atoms with Crippen molar-refractivity contribution in [3.8, 4) is 0 Å². The highest BCUT2D eigenvalue weighted by Crippen LogP contribution is 2.35. The van der Waals surface area contributed by atoms with Crippen molar-refractivity contribution in [2.24, 2.45) is 0 Å². The van der Waals surface area contributed by atoms with E-state index in [1.54, 1.807) is 17.2 Å². The van der Waals surface area contributed by atoms with E-state index in [0.717, 1.165) is 12.0 Å². The fourth-order valence-corrected chi connectivity index (χ4v) is 2.80. The number of carbonyl (C=O) groups is 1. The fourth-order valence-electron chi connectivity index (χ4n) is 2.80. The first kappa shape index (κ1) is 15.4. The lowest BCUT2D eigenvalue weighted by Crippen LogP contribution is -2.41. The Morgan fingerprint density at radius 1 is 1.61 bits per heavy atom. The van der Waals surface area contributed by atoms with Crippen molar-refractivity contribution in [1.82, 2.24) is 14.9 Å². The first-order chi connectivity index (χ1) is 11.3. The van der Waals surface area contributed by atoms with Gasteiger partial charge in [-0.1, -0.05) is 6.08 Å². The number of hydrogen-bond donors (Lipinski definition) is 1. The van der Waals surface area contributed by atoms with E-state index in [1.165, 1.54) is 18.8 Å². The topological polar surface area (TPSA) is 91.9 Å². The SMILES string of the molecule is C=CCON1C(=O)N2C[C@H]1C=C(c1ncco1)[C@H]2C[B]OC=N. The summed E-state index contributed by atoms with van der Waals surface area (Å²) >= 11 is 0. The third-order valence-electron chi connectivity index (χ3n) is 3.72. The van der Waals surface area contributed by atoms with Gasteiger partial charge in [0.15, 0.2) is 0 Å². The number of nitrogens with one attached hydrogen (secondary N) is 1. The number of oxazole rings is 1.